The van der Waals surface area contributed by atoms with E-state index in [4.69, 9.17) is 5.11 Å². The van der Waals surface area contributed by atoms with E-state index in [0.29, 0.717) is 0 Å². The topological polar surface area (TPSA) is 54.4 Å². The molecular weight excluding hydrogens is 172 g/mol. The summed E-state index contributed by atoms with van der Waals surface area (Å²) in [6.45, 7) is 3.23. The fourth-order valence-electron chi connectivity index (χ4n) is 0.603. The van der Waals surface area contributed by atoms with E-state index in [1.807, 2.05) is 0 Å². The van der Waals surface area contributed by atoms with Gasteiger partial charge >= 0.3 is 0 Å². The summed E-state index contributed by atoms with van der Waals surface area (Å²) in [6, 6.07) is 0. The van der Waals surface area contributed by atoms with Gasteiger partial charge < -0.3 is 5.11 Å². The minimum atomic E-state index is -1.28. The molecule has 0 aliphatic carbocycles. The van der Waals surface area contributed by atoms with Crippen LogP contribution in [0.1, 0.15) is 13.8 Å². The normalized spacial score (nSPS) is 38.5. The second-order valence-corrected chi connectivity index (χ2v) is 6.14. The first-order valence-electron chi connectivity index (χ1n) is 2.78. The zero-order valence-corrected chi connectivity index (χ0v) is 7.29. The number of aliphatic hydroxyl groups excluding tert-OH is 1. The SMILES string of the molecule is CC1(C)[C@H](O)C(=O)SS1=O. The van der Waals surface area contributed by atoms with Crippen LogP contribution in [0.4, 0.5) is 0 Å². The second kappa shape index (κ2) is 2.32. The maximum absolute atomic E-state index is 11.0. The molecule has 2 atom stereocenters. The summed E-state index contributed by atoms with van der Waals surface area (Å²) < 4.78 is 10.2. The minimum Gasteiger partial charge on any atom is -0.383 e. The van der Waals surface area contributed by atoms with Crippen molar-refractivity contribution >= 4 is 25.7 Å². The molecule has 5 heteroatoms. The van der Waals surface area contributed by atoms with E-state index in [1.165, 1.54) is 0 Å². The van der Waals surface area contributed by atoms with Crippen LogP contribution in [0.25, 0.3) is 0 Å². The Balaban J connectivity index is 2.96. The average molecular weight is 180 g/mol. The number of hydrogen-bond donors (Lipinski definition) is 1. The zero-order chi connectivity index (χ0) is 7.94. The lowest BCUT2D eigenvalue weighted by atomic mass is 10.1. The molecule has 1 unspecified atom stereocenters. The van der Waals surface area contributed by atoms with Gasteiger partial charge in [-0.15, -0.1) is 0 Å². The third kappa shape index (κ3) is 1.02. The van der Waals surface area contributed by atoms with Crippen molar-refractivity contribution in [2.75, 3.05) is 0 Å². The number of carbonyl (C=O) groups is 1. The molecule has 10 heavy (non-hydrogen) atoms. The molecule has 1 N–H and O–H groups in total. The highest BCUT2D eigenvalue weighted by Gasteiger charge is 2.47. The summed E-state index contributed by atoms with van der Waals surface area (Å²) in [7, 11) is -0.557. The van der Waals surface area contributed by atoms with Gasteiger partial charge in [-0.3, -0.25) is 4.79 Å². The summed E-state index contributed by atoms with van der Waals surface area (Å²) in [4.78, 5) is 10.7. The summed E-state index contributed by atoms with van der Waals surface area (Å²) >= 11 is 0. The van der Waals surface area contributed by atoms with Crippen LogP contribution < -0.4 is 0 Å². The van der Waals surface area contributed by atoms with E-state index >= 15 is 0 Å². The Labute approximate surface area is 65.0 Å². The van der Waals surface area contributed by atoms with Crippen LogP contribution >= 0.6 is 10.8 Å². The molecule has 0 radical (unpaired) electrons. The number of hydrogen-bond acceptors (Lipinski definition) is 4. The molecule has 0 aromatic carbocycles. The summed E-state index contributed by atoms with van der Waals surface area (Å²) in [5.74, 6) is 0. The molecule has 0 aromatic rings. The molecule has 1 rings (SSSR count). The van der Waals surface area contributed by atoms with Gasteiger partial charge in [0.25, 0.3) is 0 Å². The van der Waals surface area contributed by atoms with Crippen LogP contribution in [0.5, 0.6) is 0 Å². The highest BCUT2D eigenvalue weighted by Crippen LogP contribution is 2.36. The lowest BCUT2D eigenvalue weighted by Gasteiger charge is -2.16. The van der Waals surface area contributed by atoms with Gasteiger partial charge in [-0.2, -0.15) is 0 Å². The molecule has 3 nitrogen and oxygen atoms in total. The van der Waals surface area contributed by atoms with Crippen LogP contribution in [0.15, 0.2) is 0 Å². The molecular formula is C5H8O3S2. The first-order valence-corrected chi connectivity index (χ1v) is 5.26. The quantitative estimate of drug-likeness (QED) is 0.536. The van der Waals surface area contributed by atoms with Crippen LogP contribution in [0.2, 0.25) is 0 Å². The Kier molecular flexibility index (Phi) is 1.91. The highest BCUT2D eigenvalue weighted by atomic mass is 33.1. The molecule has 0 aromatic heterocycles. The first kappa shape index (κ1) is 8.23. The van der Waals surface area contributed by atoms with Crippen LogP contribution in [-0.2, 0) is 14.6 Å². The number of aliphatic hydroxyl groups is 1. The maximum atomic E-state index is 11.0. The van der Waals surface area contributed by atoms with Crippen LogP contribution in [-0.4, -0.2) is 25.3 Å². The fraction of sp³-hybridized carbons (Fsp3) is 0.800. The second-order valence-electron chi connectivity index (χ2n) is 2.64. The smallest absolute Gasteiger partial charge is 0.231 e. The van der Waals surface area contributed by atoms with Gasteiger partial charge in [0.15, 0.2) is 0 Å². The van der Waals surface area contributed by atoms with Gasteiger partial charge in [-0.05, 0) is 13.8 Å². The van der Waals surface area contributed by atoms with E-state index in [9.17, 15) is 9.00 Å². The molecule has 0 amide bonds. The van der Waals surface area contributed by atoms with Crippen LogP contribution in [0, 0.1) is 0 Å². The van der Waals surface area contributed by atoms with Gasteiger partial charge in [0.2, 0.25) is 5.12 Å². The van der Waals surface area contributed by atoms with Crippen molar-refractivity contribution in [1.29, 1.82) is 0 Å². The Bertz CT molecular complexity index is 199. The third-order valence-corrected chi connectivity index (χ3v) is 5.33. The molecule has 0 spiro atoms. The van der Waals surface area contributed by atoms with E-state index in [-0.39, 0.29) is 5.12 Å². The minimum absolute atomic E-state index is 0.386. The summed E-state index contributed by atoms with van der Waals surface area (Å²) in [6.07, 6.45) is -1.07. The van der Waals surface area contributed by atoms with E-state index in [2.05, 4.69) is 0 Å². The molecule has 1 saturated heterocycles. The van der Waals surface area contributed by atoms with Gasteiger partial charge in [-0.25, -0.2) is 4.21 Å². The molecule has 1 fully saturated rings. The highest BCUT2D eigenvalue weighted by molar-refractivity contribution is 8.76. The van der Waals surface area contributed by atoms with Crippen molar-refractivity contribution in [2.24, 2.45) is 0 Å². The summed E-state index contributed by atoms with van der Waals surface area (Å²) in [5, 5.41) is 8.75. The van der Waals surface area contributed by atoms with Gasteiger partial charge in [-0.1, -0.05) is 0 Å². The monoisotopic (exact) mass is 180 g/mol. The van der Waals surface area contributed by atoms with E-state index in [0.717, 1.165) is 10.8 Å². The van der Waals surface area contributed by atoms with Gasteiger partial charge in [0.05, 0.1) is 14.6 Å². The van der Waals surface area contributed by atoms with Crippen molar-refractivity contribution < 1.29 is 14.1 Å². The first-order chi connectivity index (χ1) is 4.46. The molecule has 0 bridgehead atoms. The van der Waals surface area contributed by atoms with E-state index < -0.39 is 20.7 Å². The van der Waals surface area contributed by atoms with Gasteiger partial charge in [0, 0.05) is 10.8 Å². The maximum Gasteiger partial charge on any atom is 0.231 e. The van der Waals surface area contributed by atoms with Crippen molar-refractivity contribution in [3.63, 3.8) is 0 Å². The fourth-order valence-corrected chi connectivity index (χ4v) is 3.35. The Hall–Kier alpha value is 0.130. The number of carbonyl (C=O) groups excluding carboxylic acids is 1. The van der Waals surface area contributed by atoms with Crippen molar-refractivity contribution in [2.45, 2.75) is 24.7 Å². The molecule has 58 valence electrons. The Morgan fingerprint density at radius 1 is 1.70 bits per heavy atom. The molecule has 1 aliphatic heterocycles. The average Bonchev–Trinajstić information content (AvgIpc) is 1.97. The zero-order valence-electron chi connectivity index (χ0n) is 5.66. The Morgan fingerprint density at radius 2 is 2.20 bits per heavy atom. The largest absolute Gasteiger partial charge is 0.383 e. The lowest BCUT2D eigenvalue weighted by molar-refractivity contribution is -0.118. The number of rotatable bonds is 0. The predicted octanol–water partition coefficient (Wildman–Crippen LogP) is 0.0630. The van der Waals surface area contributed by atoms with Crippen molar-refractivity contribution in [3.05, 3.63) is 0 Å². The predicted molar refractivity (Wildman–Crippen MR) is 40.8 cm³/mol. The molecule has 1 aliphatic rings. The summed E-state index contributed by atoms with van der Waals surface area (Å²) in [5.41, 5.74) is 0. The molecule has 1 heterocycles. The van der Waals surface area contributed by atoms with Crippen LogP contribution in [0.3, 0.4) is 0 Å². The third-order valence-electron chi connectivity index (χ3n) is 1.47. The standard InChI is InChI=1S/C5H8O3S2/c1-5(2)3(6)4(7)9-10(5)8/h3,6H,1-2H3/t3-,10?/m1/s1. The lowest BCUT2D eigenvalue weighted by Crippen LogP contribution is -2.36. The van der Waals surface area contributed by atoms with E-state index in [1.54, 1.807) is 13.8 Å². The Morgan fingerprint density at radius 3 is 2.30 bits per heavy atom. The molecule has 0 saturated carbocycles. The van der Waals surface area contributed by atoms with Crippen molar-refractivity contribution in [1.82, 2.24) is 0 Å². The van der Waals surface area contributed by atoms with Crippen molar-refractivity contribution in [3.8, 4) is 0 Å². The van der Waals surface area contributed by atoms with Gasteiger partial charge in [0.1, 0.15) is 6.10 Å².